The first kappa shape index (κ1) is 15.3. The molecule has 2 fully saturated rings. The smallest absolute Gasteiger partial charge is 1.00 e. The Kier molecular flexibility index (Phi) is 15.0. The maximum absolute atomic E-state index is 2.00. The van der Waals surface area contributed by atoms with Crippen LogP contribution in [0.4, 0.5) is 0 Å². The van der Waals surface area contributed by atoms with Gasteiger partial charge in [-0.3, -0.25) is 0 Å². The van der Waals surface area contributed by atoms with Crippen LogP contribution in [-0.2, 0) is 17.1 Å². The van der Waals surface area contributed by atoms with Crippen molar-refractivity contribution in [2.75, 3.05) is 0 Å². The summed E-state index contributed by atoms with van der Waals surface area (Å²) in [5.41, 5.74) is 0. The average Bonchev–Trinajstić information content (AvgIpc) is 2.67. The van der Waals surface area contributed by atoms with Crippen molar-refractivity contribution in [3.05, 3.63) is 64.2 Å². The second-order valence-electron chi connectivity index (χ2n) is 1.92. The molecule has 0 aromatic rings. The van der Waals surface area contributed by atoms with E-state index in [1.54, 1.807) is 0 Å². The van der Waals surface area contributed by atoms with Crippen molar-refractivity contribution in [2.24, 2.45) is 0 Å². The molecule has 2 aliphatic rings. The molecule has 12 heavy (non-hydrogen) atoms. The van der Waals surface area contributed by atoms with Crippen LogP contribution in [0.3, 0.4) is 0 Å². The molecule has 2 aliphatic carbocycles. The summed E-state index contributed by atoms with van der Waals surface area (Å²) < 4.78 is 0. The van der Waals surface area contributed by atoms with E-state index in [1.807, 2.05) is 64.2 Å². The van der Waals surface area contributed by atoms with Gasteiger partial charge in [-0.25, -0.2) is 0 Å². The predicted molar refractivity (Wildman–Crippen MR) is 43.0 cm³/mol. The predicted octanol–water partition coefficient (Wildman–Crippen LogP) is -0.956. The molecule has 0 heterocycles. The molecule has 0 bridgehead atoms. The van der Waals surface area contributed by atoms with Gasteiger partial charge in [0.25, 0.3) is 0 Å². The van der Waals surface area contributed by atoms with E-state index in [4.69, 9.17) is 0 Å². The third-order valence-electron chi connectivity index (χ3n) is 1.11. The molecule has 0 aliphatic heterocycles. The van der Waals surface area contributed by atoms with Crippen LogP contribution in [0.1, 0.15) is 0 Å². The third kappa shape index (κ3) is 8.90. The minimum atomic E-state index is 0. The van der Waals surface area contributed by atoms with E-state index in [2.05, 4.69) is 0 Å². The maximum atomic E-state index is 2.00. The fraction of sp³-hybridized carbons (Fsp3) is 0. The van der Waals surface area contributed by atoms with Gasteiger partial charge in [0.1, 0.15) is 0 Å². The van der Waals surface area contributed by atoms with Gasteiger partial charge < -0.3 is 12.4 Å². The molecule has 0 N–H and O–H groups in total. The normalized spacial score (nSPS) is 20.0. The van der Waals surface area contributed by atoms with Gasteiger partial charge in [-0.1, -0.05) is 0 Å². The molecule has 0 spiro atoms. The SMILES string of the molecule is [CH]1[CH][CH][CH][CH]1.[CH]1[CH][CH][CH][CH]1.[Cl-].[Fe+3]. The molecule has 63 valence electrons. The van der Waals surface area contributed by atoms with E-state index in [-0.39, 0.29) is 29.5 Å². The van der Waals surface area contributed by atoms with Crippen LogP contribution < -0.4 is 12.4 Å². The van der Waals surface area contributed by atoms with E-state index >= 15 is 0 Å². The van der Waals surface area contributed by atoms with E-state index in [0.29, 0.717) is 0 Å². The molecule has 0 atom stereocenters. The molecule has 0 amide bonds. The van der Waals surface area contributed by atoms with Gasteiger partial charge in [0.15, 0.2) is 0 Å². The molecule has 0 aromatic heterocycles. The minimum Gasteiger partial charge on any atom is -1.00 e. The molecule has 2 heteroatoms. The van der Waals surface area contributed by atoms with Gasteiger partial charge >= 0.3 is 17.1 Å². The topological polar surface area (TPSA) is 0 Å². The molecule has 0 unspecified atom stereocenters. The van der Waals surface area contributed by atoms with Crippen molar-refractivity contribution in [2.45, 2.75) is 0 Å². The first-order chi connectivity index (χ1) is 5.00. The minimum absolute atomic E-state index is 0. The first-order valence-corrected chi connectivity index (χ1v) is 3.33. The summed E-state index contributed by atoms with van der Waals surface area (Å²) in [7, 11) is 0. The van der Waals surface area contributed by atoms with E-state index in [9.17, 15) is 0 Å². The molecule has 0 aromatic carbocycles. The Hall–Kier alpha value is 0.809. The monoisotopic (exact) mass is 221 g/mol. The Morgan fingerprint density at radius 1 is 0.333 bits per heavy atom. The molecule has 2 saturated carbocycles. The van der Waals surface area contributed by atoms with E-state index in [0.717, 1.165) is 0 Å². The molecule has 0 saturated heterocycles. The van der Waals surface area contributed by atoms with E-state index in [1.165, 1.54) is 0 Å². The number of hydrogen-bond acceptors (Lipinski definition) is 0. The molecule has 2 rings (SSSR count). The average molecular weight is 221 g/mol. The number of hydrogen-bond donors (Lipinski definition) is 0. The van der Waals surface area contributed by atoms with Crippen molar-refractivity contribution in [3.63, 3.8) is 0 Å². The fourth-order valence-corrected chi connectivity index (χ4v) is 0.642. The van der Waals surface area contributed by atoms with Gasteiger partial charge in [0, 0.05) is 0 Å². The maximum Gasteiger partial charge on any atom is 3.00 e. The van der Waals surface area contributed by atoms with Crippen LogP contribution in [0.5, 0.6) is 0 Å². The molecule has 11 radical (unpaired) electrons. The van der Waals surface area contributed by atoms with Crippen LogP contribution >= 0.6 is 0 Å². The molecule has 0 nitrogen and oxygen atoms in total. The van der Waals surface area contributed by atoms with Crippen LogP contribution in [-0.4, -0.2) is 0 Å². The van der Waals surface area contributed by atoms with Gasteiger partial charge in [0.05, 0.1) is 0 Å². The Labute approximate surface area is 93.8 Å². The number of halogens is 1. The van der Waals surface area contributed by atoms with Gasteiger partial charge in [-0.2, -0.15) is 0 Å². The summed E-state index contributed by atoms with van der Waals surface area (Å²) in [6.45, 7) is 0. The van der Waals surface area contributed by atoms with Crippen molar-refractivity contribution in [1.29, 1.82) is 0 Å². The van der Waals surface area contributed by atoms with Crippen molar-refractivity contribution in [3.8, 4) is 0 Å². The standard InChI is InChI=1S/2C5H5.ClH.Fe/c2*1-2-4-5-3-1;;/h2*1-5H;1H;/q;;;+3/p-1. The van der Waals surface area contributed by atoms with E-state index < -0.39 is 0 Å². The molecular formula is C10H10ClFe+2. The Balaban J connectivity index is 0. The van der Waals surface area contributed by atoms with Crippen molar-refractivity contribution in [1.82, 2.24) is 0 Å². The van der Waals surface area contributed by atoms with Crippen LogP contribution in [0, 0.1) is 64.2 Å². The summed E-state index contributed by atoms with van der Waals surface area (Å²) in [6.07, 6.45) is 20.0. The second-order valence-corrected chi connectivity index (χ2v) is 1.92. The van der Waals surface area contributed by atoms with Crippen LogP contribution in [0.15, 0.2) is 0 Å². The Morgan fingerprint density at radius 2 is 0.417 bits per heavy atom. The zero-order valence-electron chi connectivity index (χ0n) is 6.51. The summed E-state index contributed by atoms with van der Waals surface area (Å²) >= 11 is 0. The van der Waals surface area contributed by atoms with Gasteiger partial charge in [0.2, 0.25) is 0 Å². The quantitative estimate of drug-likeness (QED) is 0.463. The zero-order valence-corrected chi connectivity index (χ0v) is 8.37. The Bertz CT molecular complexity index is 43.0. The van der Waals surface area contributed by atoms with Crippen LogP contribution in [0.25, 0.3) is 0 Å². The largest absolute Gasteiger partial charge is 3.00 e. The summed E-state index contributed by atoms with van der Waals surface area (Å²) in [4.78, 5) is 0. The van der Waals surface area contributed by atoms with Crippen LogP contribution in [0.2, 0.25) is 0 Å². The van der Waals surface area contributed by atoms with Crippen molar-refractivity contribution >= 4 is 0 Å². The third-order valence-corrected chi connectivity index (χ3v) is 1.11. The second kappa shape index (κ2) is 11.8. The fourth-order valence-electron chi connectivity index (χ4n) is 0.642. The van der Waals surface area contributed by atoms with Gasteiger partial charge in [-0.05, 0) is 64.2 Å². The summed E-state index contributed by atoms with van der Waals surface area (Å²) in [5.74, 6) is 0. The van der Waals surface area contributed by atoms with Gasteiger partial charge in [-0.15, -0.1) is 0 Å². The summed E-state index contributed by atoms with van der Waals surface area (Å²) in [6, 6.07) is 0. The zero-order chi connectivity index (χ0) is 7.07. The summed E-state index contributed by atoms with van der Waals surface area (Å²) in [5, 5.41) is 0. The molecular weight excluding hydrogens is 211 g/mol. The first-order valence-electron chi connectivity index (χ1n) is 3.33. The van der Waals surface area contributed by atoms with Crippen molar-refractivity contribution < 1.29 is 29.5 Å². The number of rotatable bonds is 0. The Morgan fingerprint density at radius 3 is 0.500 bits per heavy atom.